The van der Waals surface area contributed by atoms with Gasteiger partial charge in [-0.2, -0.15) is 30.3 Å². The van der Waals surface area contributed by atoms with Crippen molar-refractivity contribution in [3.63, 3.8) is 0 Å². The van der Waals surface area contributed by atoms with Crippen LogP contribution in [0.2, 0.25) is 0 Å². The molecule has 10 nitrogen and oxygen atoms in total. The van der Waals surface area contributed by atoms with Crippen molar-refractivity contribution in [3.8, 4) is 40.1 Å². The molecule has 10 rings (SSSR count). The summed E-state index contributed by atoms with van der Waals surface area (Å²) in [7, 11) is 0. The normalized spacial score (nSPS) is 10.8. The lowest BCUT2D eigenvalue weighted by atomic mass is 9.95. The Kier molecular flexibility index (Phi) is 12.5. The summed E-state index contributed by atoms with van der Waals surface area (Å²) >= 11 is 0. The molecule has 0 bridgehead atoms. The number of para-hydroxylation sites is 4. The number of hydrogen-bond acceptors (Lipinski definition) is 7. The van der Waals surface area contributed by atoms with Gasteiger partial charge in [0.05, 0.1) is 16.8 Å². The van der Waals surface area contributed by atoms with E-state index in [1.165, 1.54) is 0 Å². The van der Waals surface area contributed by atoms with Gasteiger partial charge in [-0.3, -0.25) is 0 Å². The fraction of sp³-hybridized carbons (Fsp3) is 0.107. The standard InChI is InChI=1S/C54H40N10.2CH4/c1-37(2)36-61-57-51-49(38-23-28-46(29-24-38)62(42-15-7-3-8-16-42)43-17-9-4-10-18-43)53-54(60-64(59-53)48-32-27-40(34-55)41(33-48)35-56)50(52(51)58-61)39-25-30-47(31-26-39)63(44-19-11-5-12-20-44)45-21-13-6-14-22-45;;/h3-33,37H,36H2,1-2H3;2*1H4. The average molecular weight is 861 g/mol. The second kappa shape index (κ2) is 18.9. The van der Waals surface area contributed by atoms with Crippen LogP contribution < -0.4 is 19.7 Å². The molecule has 322 valence electrons. The molecule has 0 saturated carbocycles. The van der Waals surface area contributed by atoms with Gasteiger partial charge < -0.3 is 9.80 Å². The second-order valence-electron chi connectivity index (χ2n) is 15.8. The third kappa shape index (κ3) is 8.23. The number of fused-ring (bicyclic) bond motifs is 2. The van der Waals surface area contributed by atoms with E-state index < -0.39 is 0 Å². The summed E-state index contributed by atoms with van der Waals surface area (Å²) in [5.74, 6) is 0.290. The number of nitriles is 2. The third-order valence-electron chi connectivity index (χ3n) is 11.1. The Morgan fingerprint density at radius 1 is 0.515 bits per heavy atom. The maximum atomic E-state index is 9.97. The molecule has 0 fully saturated rings. The zero-order chi connectivity index (χ0) is 43.6. The van der Waals surface area contributed by atoms with Crippen LogP contribution in [-0.2, 0) is 6.54 Å². The van der Waals surface area contributed by atoms with Crippen molar-refractivity contribution in [2.24, 2.45) is 5.92 Å². The zero-order valence-corrected chi connectivity index (χ0v) is 35.2. The topological polar surface area (TPSA) is 116 Å². The van der Waals surface area contributed by atoms with Gasteiger partial charge in [0.1, 0.15) is 23.2 Å². The summed E-state index contributed by atoms with van der Waals surface area (Å²) in [6, 6.07) is 67.5. The van der Waals surface area contributed by atoms with Gasteiger partial charge in [0.15, 0.2) is 6.54 Å². The van der Waals surface area contributed by atoms with E-state index in [1.54, 1.807) is 27.8 Å². The van der Waals surface area contributed by atoms with E-state index in [9.17, 15) is 10.5 Å². The Bertz CT molecular complexity index is 3070. The summed E-state index contributed by atoms with van der Waals surface area (Å²) in [6.07, 6.45) is 0. The first-order valence-electron chi connectivity index (χ1n) is 21.1. The van der Waals surface area contributed by atoms with Crippen LogP contribution in [0.3, 0.4) is 0 Å². The molecule has 0 saturated heterocycles. The minimum Gasteiger partial charge on any atom is -0.311 e. The lowest BCUT2D eigenvalue weighted by molar-refractivity contribution is -0.808. The predicted molar refractivity (Wildman–Crippen MR) is 266 cm³/mol. The van der Waals surface area contributed by atoms with Crippen molar-refractivity contribution in [2.45, 2.75) is 35.2 Å². The molecular weight excluding hydrogens is 813 g/mol. The summed E-state index contributed by atoms with van der Waals surface area (Å²) in [4.78, 5) is 7.79. The molecule has 10 heteroatoms. The maximum absolute atomic E-state index is 9.97. The second-order valence-corrected chi connectivity index (χ2v) is 15.8. The van der Waals surface area contributed by atoms with Crippen LogP contribution in [0.4, 0.5) is 34.1 Å². The highest BCUT2D eigenvalue weighted by Crippen LogP contribution is 2.43. The van der Waals surface area contributed by atoms with Crippen LogP contribution in [0.1, 0.15) is 39.8 Å². The fourth-order valence-electron chi connectivity index (χ4n) is 8.23. The van der Waals surface area contributed by atoms with Crippen LogP contribution in [0.5, 0.6) is 0 Å². The zero-order valence-electron chi connectivity index (χ0n) is 35.2. The molecular formula is C56H48N10. The number of nitrogens with zero attached hydrogens (tertiary/aromatic N) is 10. The molecule has 0 unspecified atom stereocenters. The Balaban J connectivity index is 0.00000296. The monoisotopic (exact) mass is 860 g/mol. The van der Waals surface area contributed by atoms with Gasteiger partial charge in [-0.25, -0.2) is 0 Å². The molecule has 2 aromatic heterocycles. The van der Waals surface area contributed by atoms with E-state index >= 15 is 0 Å². The van der Waals surface area contributed by atoms with Gasteiger partial charge in [0.2, 0.25) is 0 Å². The Hall–Kier alpha value is -8.86. The van der Waals surface area contributed by atoms with Crippen LogP contribution in [-0.4, -0.2) is 20.1 Å². The molecule has 0 aliphatic carbocycles. The smallest absolute Gasteiger partial charge is 0.165 e. The molecule has 10 aromatic rings. The first-order valence-corrected chi connectivity index (χ1v) is 21.1. The minimum atomic E-state index is 0. The number of benzene rings is 8. The largest absolute Gasteiger partial charge is 0.311 e. The first-order chi connectivity index (χ1) is 31.5. The highest BCUT2D eigenvalue weighted by Gasteiger charge is 2.25. The summed E-state index contributed by atoms with van der Waals surface area (Å²) < 4.78 is 0. The average Bonchev–Trinajstić information content (AvgIpc) is 3.97. The Morgan fingerprint density at radius 2 is 0.924 bits per heavy atom. The van der Waals surface area contributed by atoms with E-state index in [0.717, 1.165) is 56.4 Å². The minimum absolute atomic E-state index is 0. The molecule has 66 heavy (non-hydrogen) atoms. The maximum Gasteiger partial charge on any atom is 0.165 e. The van der Waals surface area contributed by atoms with Crippen molar-refractivity contribution in [1.29, 1.82) is 10.5 Å². The van der Waals surface area contributed by atoms with Crippen molar-refractivity contribution >= 4 is 56.2 Å². The van der Waals surface area contributed by atoms with Gasteiger partial charge in [-0.15, -0.1) is 10.2 Å². The first kappa shape index (κ1) is 43.8. The number of hydrogen-bond donors (Lipinski definition) is 0. The van der Waals surface area contributed by atoms with Gasteiger partial charge >= 0.3 is 0 Å². The Morgan fingerprint density at radius 3 is 1.35 bits per heavy atom. The van der Waals surface area contributed by atoms with Crippen molar-refractivity contribution in [1.82, 2.24) is 25.2 Å². The highest BCUT2D eigenvalue weighted by molar-refractivity contribution is 6.16. The molecule has 0 radical (unpaired) electrons. The molecule has 0 amide bonds. The molecule has 0 aliphatic heterocycles. The third-order valence-corrected chi connectivity index (χ3v) is 11.1. The highest BCUT2D eigenvalue weighted by atomic mass is 15.5. The fourth-order valence-corrected chi connectivity index (χ4v) is 8.23. The number of rotatable bonds is 11. The van der Waals surface area contributed by atoms with Crippen molar-refractivity contribution in [2.75, 3.05) is 9.80 Å². The van der Waals surface area contributed by atoms with Crippen LogP contribution >= 0.6 is 0 Å². The van der Waals surface area contributed by atoms with Crippen molar-refractivity contribution < 1.29 is 4.80 Å². The number of aromatic nitrogens is 6. The number of anilines is 6. The summed E-state index contributed by atoms with van der Waals surface area (Å²) in [5.41, 5.74) is 13.2. The van der Waals surface area contributed by atoms with E-state index in [2.05, 4.69) is 133 Å². The lowest BCUT2D eigenvalue weighted by Crippen LogP contribution is -2.42. The van der Waals surface area contributed by atoms with E-state index in [4.69, 9.17) is 20.4 Å². The lowest BCUT2D eigenvalue weighted by Gasteiger charge is -2.25. The molecule has 0 aliphatic rings. The molecule has 0 atom stereocenters. The molecule has 0 spiro atoms. The predicted octanol–water partition coefficient (Wildman–Crippen LogP) is 13.2. The molecule has 2 heterocycles. The van der Waals surface area contributed by atoms with Crippen LogP contribution in [0.15, 0.2) is 188 Å². The SMILES string of the molecule is C.C.CC(C)C[n+]1nc2c(-c3ccc(N(c4ccccc4)c4ccccc4)cc3)c3nn(-c4ccc(C#N)c(C#N)c4)nc3c(-c3ccc(N(c4ccccc4)c4ccccc4)cc3)c2[n-]1. The summed E-state index contributed by atoms with van der Waals surface area (Å²) in [6.45, 7) is 4.92. The van der Waals surface area contributed by atoms with Crippen LogP contribution in [0, 0.1) is 28.6 Å². The van der Waals surface area contributed by atoms with Gasteiger partial charge in [-0.1, -0.05) is 126 Å². The van der Waals surface area contributed by atoms with Gasteiger partial charge in [0, 0.05) is 62.2 Å². The van der Waals surface area contributed by atoms with E-state index in [1.807, 2.05) is 72.8 Å². The quantitative estimate of drug-likeness (QED) is 0.118. The Labute approximate surface area is 385 Å². The van der Waals surface area contributed by atoms with E-state index in [0.29, 0.717) is 40.2 Å². The molecule has 0 N–H and O–H groups in total. The van der Waals surface area contributed by atoms with E-state index in [-0.39, 0.29) is 26.0 Å². The van der Waals surface area contributed by atoms with Gasteiger partial charge in [-0.05, 0) is 102 Å². The van der Waals surface area contributed by atoms with Crippen LogP contribution in [0.25, 0.3) is 50.0 Å². The molecule has 8 aromatic carbocycles. The summed E-state index contributed by atoms with van der Waals surface area (Å²) in [5, 5.41) is 40.5. The van der Waals surface area contributed by atoms with Crippen molar-refractivity contribution in [3.05, 3.63) is 199 Å². The van der Waals surface area contributed by atoms with Gasteiger partial charge in [0.25, 0.3) is 0 Å².